The lowest BCUT2D eigenvalue weighted by molar-refractivity contribution is -0.234. The molecule has 5 atom stereocenters. The lowest BCUT2D eigenvalue weighted by Gasteiger charge is -2.38. The summed E-state index contributed by atoms with van der Waals surface area (Å²) in [6, 6.07) is 0. The van der Waals surface area contributed by atoms with Crippen molar-refractivity contribution in [2.45, 2.75) is 30.5 Å². The number of carbonyl (C=O) groups is 1. The Bertz CT molecular complexity index is 229. The topological polar surface area (TPSA) is 116 Å². The fraction of sp³-hybridized carbons (Fsp3) is 0.875. The van der Waals surface area contributed by atoms with Crippen molar-refractivity contribution in [2.24, 2.45) is 0 Å². The Kier molecular flexibility index (Phi) is 4.00. The number of hydrogen-bond acceptors (Lipinski definition) is 7. The molecule has 0 aromatic carbocycles. The molecule has 1 fully saturated rings. The second-order valence-electron chi connectivity index (χ2n) is 3.27. The van der Waals surface area contributed by atoms with Gasteiger partial charge >= 0.3 is 5.97 Å². The molecule has 7 nitrogen and oxygen atoms in total. The zero-order valence-electron chi connectivity index (χ0n) is 8.11. The van der Waals surface area contributed by atoms with E-state index in [0.29, 0.717) is 0 Å². The highest BCUT2D eigenvalue weighted by atomic mass is 16.6. The van der Waals surface area contributed by atoms with Gasteiger partial charge in [0, 0.05) is 0 Å². The van der Waals surface area contributed by atoms with Crippen molar-refractivity contribution in [3.63, 3.8) is 0 Å². The average molecular weight is 222 g/mol. The predicted octanol–water partition coefficient (Wildman–Crippen LogP) is -3.00. The van der Waals surface area contributed by atoms with Gasteiger partial charge in [-0.25, -0.2) is 4.79 Å². The van der Waals surface area contributed by atoms with Crippen LogP contribution in [0.15, 0.2) is 0 Å². The first-order chi connectivity index (χ1) is 7.02. The molecule has 0 saturated carbocycles. The van der Waals surface area contributed by atoms with Crippen molar-refractivity contribution in [1.82, 2.24) is 0 Å². The van der Waals surface area contributed by atoms with E-state index >= 15 is 0 Å². The van der Waals surface area contributed by atoms with Crippen molar-refractivity contribution >= 4 is 5.97 Å². The fourth-order valence-electron chi connectivity index (χ4n) is 1.41. The Labute approximate surface area is 85.9 Å². The lowest BCUT2D eigenvalue weighted by Crippen LogP contribution is -2.60. The summed E-state index contributed by atoms with van der Waals surface area (Å²) in [6.45, 7) is -0.571. The Hall–Kier alpha value is -0.730. The molecular weight excluding hydrogens is 208 g/mol. The molecule has 1 saturated heterocycles. The van der Waals surface area contributed by atoms with Crippen LogP contribution in [0.3, 0.4) is 0 Å². The van der Waals surface area contributed by atoms with Crippen LogP contribution in [0.2, 0.25) is 0 Å². The molecule has 88 valence electrons. The van der Waals surface area contributed by atoms with Crippen LogP contribution in [0.25, 0.3) is 0 Å². The van der Waals surface area contributed by atoms with Gasteiger partial charge in [0.1, 0.15) is 24.4 Å². The van der Waals surface area contributed by atoms with Crippen molar-refractivity contribution in [3.05, 3.63) is 0 Å². The number of hydrogen-bond donors (Lipinski definition) is 4. The third-order valence-electron chi connectivity index (χ3n) is 2.33. The summed E-state index contributed by atoms with van der Waals surface area (Å²) < 4.78 is 9.24. The van der Waals surface area contributed by atoms with Gasteiger partial charge in [-0.3, -0.25) is 0 Å². The molecule has 1 aliphatic rings. The van der Waals surface area contributed by atoms with E-state index in [9.17, 15) is 20.1 Å². The van der Waals surface area contributed by atoms with Crippen LogP contribution in [-0.4, -0.2) is 70.6 Å². The molecule has 0 aromatic rings. The molecule has 1 rings (SSSR count). The van der Waals surface area contributed by atoms with Gasteiger partial charge in [0.05, 0.1) is 13.7 Å². The van der Waals surface area contributed by atoms with Gasteiger partial charge in [-0.2, -0.15) is 0 Å². The minimum absolute atomic E-state index is 0.571. The summed E-state index contributed by atoms with van der Waals surface area (Å²) in [5.74, 6) is -0.869. The van der Waals surface area contributed by atoms with Gasteiger partial charge in [0.15, 0.2) is 6.10 Å². The maximum absolute atomic E-state index is 11.1. The maximum Gasteiger partial charge on any atom is 0.337 e. The smallest absolute Gasteiger partial charge is 0.337 e. The second kappa shape index (κ2) is 4.86. The highest BCUT2D eigenvalue weighted by Gasteiger charge is 2.46. The van der Waals surface area contributed by atoms with Gasteiger partial charge in [-0.15, -0.1) is 0 Å². The van der Waals surface area contributed by atoms with E-state index in [1.807, 2.05) is 0 Å². The molecule has 1 aliphatic heterocycles. The van der Waals surface area contributed by atoms with Gasteiger partial charge in [0.25, 0.3) is 0 Å². The second-order valence-corrected chi connectivity index (χ2v) is 3.27. The Morgan fingerprint density at radius 3 is 2.33 bits per heavy atom. The summed E-state index contributed by atoms with van der Waals surface area (Å²) >= 11 is 0. The minimum atomic E-state index is -1.57. The first kappa shape index (κ1) is 12.3. The van der Waals surface area contributed by atoms with E-state index in [0.717, 1.165) is 7.11 Å². The summed E-state index contributed by atoms with van der Waals surface area (Å²) in [4.78, 5) is 11.1. The van der Waals surface area contributed by atoms with E-state index in [4.69, 9.17) is 9.84 Å². The number of rotatable bonds is 2. The monoisotopic (exact) mass is 222 g/mol. The Morgan fingerprint density at radius 2 is 1.87 bits per heavy atom. The first-order valence-electron chi connectivity index (χ1n) is 4.41. The van der Waals surface area contributed by atoms with Crippen LogP contribution >= 0.6 is 0 Å². The van der Waals surface area contributed by atoms with Crippen LogP contribution in [0.4, 0.5) is 0 Å². The largest absolute Gasteiger partial charge is 0.467 e. The third kappa shape index (κ3) is 2.27. The maximum atomic E-state index is 11.1. The van der Waals surface area contributed by atoms with E-state index in [2.05, 4.69) is 4.74 Å². The molecule has 4 N–H and O–H groups in total. The molecule has 0 aliphatic carbocycles. The van der Waals surface area contributed by atoms with Gasteiger partial charge < -0.3 is 29.9 Å². The molecule has 0 aromatic heterocycles. The number of methoxy groups -OCH3 is 1. The third-order valence-corrected chi connectivity index (χ3v) is 2.33. The highest BCUT2D eigenvalue weighted by Crippen LogP contribution is 2.21. The SMILES string of the molecule is COC(=O)[C@@H]1OC(CO)C(O)C(O)C1O. The fourth-order valence-corrected chi connectivity index (χ4v) is 1.41. The zero-order chi connectivity index (χ0) is 11.6. The zero-order valence-corrected chi connectivity index (χ0v) is 8.11. The number of ether oxygens (including phenoxy) is 2. The molecular formula is C8H14O7. The van der Waals surface area contributed by atoms with Gasteiger partial charge in [-0.1, -0.05) is 0 Å². The Morgan fingerprint density at radius 1 is 1.27 bits per heavy atom. The van der Waals surface area contributed by atoms with Crippen LogP contribution in [0.1, 0.15) is 0 Å². The lowest BCUT2D eigenvalue weighted by atomic mass is 9.95. The number of carbonyl (C=O) groups excluding carboxylic acids is 1. The molecule has 0 bridgehead atoms. The van der Waals surface area contributed by atoms with Gasteiger partial charge in [-0.05, 0) is 0 Å². The van der Waals surface area contributed by atoms with E-state index in [-0.39, 0.29) is 0 Å². The summed E-state index contributed by atoms with van der Waals surface area (Å²) in [5, 5.41) is 36.9. The Balaban J connectivity index is 2.78. The van der Waals surface area contributed by atoms with Crippen molar-refractivity contribution < 1.29 is 34.7 Å². The van der Waals surface area contributed by atoms with E-state index < -0.39 is 43.1 Å². The van der Waals surface area contributed by atoms with Gasteiger partial charge in [0.2, 0.25) is 0 Å². The molecule has 1 heterocycles. The highest BCUT2D eigenvalue weighted by molar-refractivity contribution is 5.75. The van der Waals surface area contributed by atoms with Crippen molar-refractivity contribution in [2.75, 3.05) is 13.7 Å². The number of aliphatic hydroxyl groups is 4. The average Bonchev–Trinajstić information content (AvgIpc) is 2.25. The quantitative estimate of drug-likeness (QED) is 0.368. The summed E-state index contributed by atoms with van der Waals surface area (Å²) in [5.41, 5.74) is 0. The van der Waals surface area contributed by atoms with Crippen molar-refractivity contribution in [1.29, 1.82) is 0 Å². The van der Waals surface area contributed by atoms with Crippen LogP contribution in [0, 0.1) is 0 Å². The first-order valence-corrected chi connectivity index (χ1v) is 4.41. The van der Waals surface area contributed by atoms with Crippen LogP contribution < -0.4 is 0 Å². The normalized spacial score (nSPS) is 41.3. The number of esters is 1. The molecule has 0 radical (unpaired) electrons. The van der Waals surface area contributed by atoms with Crippen LogP contribution in [-0.2, 0) is 14.3 Å². The summed E-state index contributed by atoms with van der Waals surface area (Å²) in [7, 11) is 1.10. The van der Waals surface area contributed by atoms with Crippen molar-refractivity contribution in [3.8, 4) is 0 Å². The van der Waals surface area contributed by atoms with Crippen LogP contribution in [0.5, 0.6) is 0 Å². The standard InChI is InChI=1S/C8H14O7/c1-14-8(13)7-6(12)5(11)4(10)3(2-9)15-7/h3-7,9-12H,2H2,1H3/t3?,4?,5?,6?,7-/m1/s1. The molecule has 15 heavy (non-hydrogen) atoms. The molecule has 7 heteroatoms. The summed E-state index contributed by atoms with van der Waals surface area (Å²) in [6.07, 6.45) is -7.08. The number of aliphatic hydroxyl groups excluding tert-OH is 4. The minimum Gasteiger partial charge on any atom is -0.467 e. The predicted molar refractivity (Wildman–Crippen MR) is 45.8 cm³/mol. The molecule has 0 amide bonds. The molecule has 4 unspecified atom stereocenters. The molecule has 0 spiro atoms. The van der Waals surface area contributed by atoms with E-state index in [1.54, 1.807) is 0 Å². The van der Waals surface area contributed by atoms with E-state index in [1.165, 1.54) is 0 Å².